The van der Waals surface area contributed by atoms with Crippen LogP contribution in [0.25, 0.3) is 10.9 Å². The second-order valence-electron chi connectivity index (χ2n) is 16.7. The van der Waals surface area contributed by atoms with E-state index in [1.54, 1.807) is 72.0 Å². The van der Waals surface area contributed by atoms with E-state index in [-0.39, 0.29) is 19.4 Å². The third-order valence-electron chi connectivity index (χ3n) is 9.04. The predicted molar refractivity (Wildman–Crippen MR) is 238 cm³/mol. The summed E-state index contributed by atoms with van der Waals surface area (Å²) >= 11 is 3.53. The van der Waals surface area contributed by atoms with E-state index in [1.165, 1.54) is 0 Å². The maximum Gasteiger partial charge on any atom is 0.408 e. The number of ether oxygens (including phenoxy) is 3. The number of aromatic amines is 1. The van der Waals surface area contributed by atoms with Gasteiger partial charge in [-0.2, -0.15) is 0 Å². The van der Waals surface area contributed by atoms with E-state index in [0.717, 1.165) is 26.5 Å². The van der Waals surface area contributed by atoms with E-state index in [0.29, 0.717) is 37.3 Å². The highest BCUT2D eigenvalue weighted by atomic mass is 79.9. The molecule has 0 radical (unpaired) electrons. The lowest BCUT2D eigenvalue weighted by Gasteiger charge is -2.26. The predicted octanol–water partition coefficient (Wildman–Crippen LogP) is 5.45. The average molecular weight is 921 g/mol. The van der Waals surface area contributed by atoms with Crippen LogP contribution in [-0.2, 0) is 48.1 Å². The van der Waals surface area contributed by atoms with Crippen molar-refractivity contribution in [2.45, 2.75) is 110 Å². The number of primary amides is 1. The van der Waals surface area contributed by atoms with Gasteiger partial charge < -0.3 is 51.5 Å². The third kappa shape index (κ3) is 16.7. The van der Waals surface area contributed by atoms with Gasteiger partial charge in [-0.25, -0.2) is 9.59 Å². The standard InChI is InChI=1S/C45H58BrN7O9/c1-44(2,3)61-42(58)49-22-11-10-21-48-39(55)35(24-30-26-50-38-32(30)15-12-16-33(38)46)51-41(57)36(25-37(47)54)52-40(56)34(53-43(59)62-45(4,5)6)23-28-17-19-31(20-18-28)60-27-29-13-8-7-9-14-29/h7-9,12-20,26,34-36,50H,10-11,21-25,27H2,1-6H3,(H2,47,54)(H,48,55)(H,49,58)(H,51,57)(H,52,56)(H,53,59)/t34-,35-,36-/m0/s1. The van der Waals surface area contributed by atoms with Crippen molar-refractivity contribution in [3.8, 4) is 5.75 Å². The van der Waals surface area contributed by atoms with Crippen LogP contribution in [0.4, 0.5) is 9.59 Å². The van der Waals surface area contributed by atoms with Crippen molar-refractivity contribution in [2.24, 2.45) is 5.73 Å². The van der Waals surface area contributed by atoms with Crippen molar-refractivity contribution >= 4 is 62.6 Å². The van der Waals surface area contributed by atoms with Crippen LogP contribution >= 0.6 is 15.9 Å². The third-order valence-corrected chi connectivity index (χ3v) is 9.70. The summed E-state index contributed by atoms with van der Waals surface area (Å²) in [7, 11) is 0. The average Bonchev–Trinajstić information content (AvgIpc) is 3.60. The summed E-state index contributed by atoms with van der Waals surface area (Å²) in [5.41, 5.74) is 7.20. The molecule has 6 amide bonds. The van der Waals surface area contributed by atoms with Crippen LogP contribution in [0.3, 0.4) is 0 Å². The molecule has 16 nitrogen and oxygen atoms in total. The Morgan fingerprint density at radius 2 is 1.26 bits per heavy atom. The number of rotatable bonds is 20. The largest absolute Gasteiger partial charge is 0.489 e. The van der Waals surface area contributed by atoms with E-state index in [2.05, 4.69) is 47.5 Å². The molecule has 4 aromatic rings. The first-order valence-corrected chi connectivity index (χ1v) is 21.2. The molecule has 62 heavy (non-hydrogen) atoms. The number of halogens is 1. The highest BCUT2D eigenvalue weighted by Crippen LogP contribution is 2.26. The number of nitrogens with two attached hydrogens (primary N) is 1. The summed E-state index contributed by atoms with van der Waals surface area (Å²) in [6.45, 7) is 11.2. The van der Waals surface area contributed by atoms with Gasteiger partial charge in [0.15, 0.2) is 0 Å². The van der Waals surface area contributed by atoms with Gasteiger partial charge in [0.25, 0.3) is 0 Å². The number of alkyl carbamates (subject to hydrolysis) is 2. The number of aromatic nitrogens is 1. The Bertz CT molecular complexity index is 2150. The monoisotopic (exact) mass is 919 g/mol. The minimum Gasteiger partial charge on any atom is -0.489 e. The van der Waals surface area contributed by atoms with E-state index in [9.17, 15) is 28.8 Å². The van der Waals surface area contributed by atoms with Crippen molar-refractivity contribution in [3.05, 3.63) is 100 Å². The van der Waals surface area contributed by atoms with Gasteiger partial charge in [0.05, 0.1) is 11.9 Å². The molecule has 0 bridgehead atoms. The van der Waals surface area contributed by atoms with E-state index in [4.69, 9.17) is 19.9 Å². The normalized spacial score (nSPS) is 12.9. The molecule has 0 saturated carbocycles. The van der Waals surface area contributed by atoms with Crippen LogP contribution in [-0.4, -0.2) is 83.2 Å². The molecule has 0 aliphatic carbocycles. The van der Waals surface area contributed by atoms with Crippen LogP contribution in [0.1, 0.15) is 77.5 Å². The Kier molecular flexibility index (Phi) is 17.7. The molecular weight excluding hydrogens is 862 g/mol. The summed E-state index contributed by atoms with van der Waals surface area (Å²) in [4.78, 5) is 82.3. The fourth-order valence-corrected chi connectivity index (χ4v) is 6.66. The number of carbonyl (C=O) groups is 6. The fraction of sp³-hybridized carbons (Fsp3) is 0.422. The number of benzene rings is 3. The topological polar surface area (TPSA) is 232 Å². The smallest absolute Gasteiger partial charge is 0.408 e. The lowest BCUT2D eigenvalue weighted by molar-refractivity contribution is -0.134. The van der Waals surface area contributed by atoms with E-state index >= 15 is 0 Å². The minimum atomic E-state index is -1.52. The molecule has 3 atom stereocenters. The molecule has 4 rings (SSSR count). The first-order valence-electron chi connectivity index (χ1n) is 20.4. The molecule has 0 aliphatic heterocycles. The Morgan fingerprint density at radius 3 is 1.90 bits per heavy atom. The van der Waals surface area contributed by atoms with Gasteiger partial charge in [0, 0.05) is 42.0 Å². The first-order chi connectivity index (χ1) is 29.3. The van der Waals surface area contributed by atoms with Gasteiger partial charge >= 0.3 is 12.2 Å². The lowest BCUT2D eigenvalue weighted by atomic mass is 10.0. The van der Waals surface area contributed by atoms with Crippen LogP contribution in [0.5, 0.6) is 5.75 Å². The number of H-pyrrole nitrogens is 1. The zero-order chi connectivity index (χ0) is 45.5. The Labute approximate surface area is 370 Å². The summed E-state index contributed by atoms with van der Waals surface area (Å²) in [5.74, 6) is -2.48. The van der Waals surface area contributed by atoms with Crippen molar-refractivity contribution in [1.29, 1.82) is 0 Å². The molecule has 3 aromatic carbocycles. The number of hydrogen-bond donors (Lipinski definition) is 7. The number of hydrogen-bond acceptors (Lipinski definition) is 9. The van der Waals surface area contributed by atoms with E-state index in [1.807, 2.05) is 48.5 Å². The molecule has 0 fully saturated rings. The molecule has 1 aromatic heterocycles. The maximum atomic E-state index is 14.0. The number of para-hydroxylation sites is 1. The highest BCUT2D eigenvalue weighted by molar-refractivity contribution is 9.10. The first kappa shape index (κ1) is 48.6. The molecule has 0 spiro atoms. The van der Waals surface area contributed by atoms with Crippen molar-refractivity contribution in [2.75, 3.05) is 13.1 Å². The highest BCUT2D eigenvalue weighted by Gasteiger charge is 2.32. The zero-order valence-corrected chi connectivity index (χ0v) is 37.6. The second-order valence-corrected chi connectivity index (χ2v) is 17.6. The molecule has 17 heteroatoms. The Morgan fingerprint density at radius 1 is 0.661 bits per heavy atom. The number of fused-ring (bicyclic) bond motifs is 1. The van der Waals surface area contributed by atoms with E-state index < -0.39 is 71.6 Å². The fourth-order valence-electron chi connectivity index (χ4n) is 6.18. The number of carbonyl (C=O) groups excluding carboxylic acids is 6. The Hall–Kier alpha value is -6.10. The summed E-state index contributed by atoms with van der Waals surface area (Å²) < 4.78 is 17.4. The molecule has 1 heterocycles. The van der Waals surface area contributed by atoms with Crippen molar-refractivity contribution in [1.82, 2.24) is 31.6 Å². The van der Waals surface area contributed by atoms with Crippen LogP contribution in [0.2, 0.25) is 0 Å². The van der Waals surface area contributed by atoms with Gasteiger partial charge in [-0.3, -0.25) is 19.2 Å². The Balaban J connectivity index is 1.49. The maximum absolute atomic E-state index is 14.0. The zero-order valence-electron chi connectivity index (χ0n) is 36.0. The number of unbranched alkanes of at least 4 members (excludes halogenated alkanes) is 1. The molecule has 0 saturated heterocycles. The summed E-state index contributed by atoms with van der Waals surface area (Å²) in [5, 5.41) is 14.2. The van der Waals surface area contributed by atoms with Gasteiger partial charge in [0.2, 0.25) is 23.6 Å². The summed E-state index contributed by atoms with van der Waals surface area (Å²) in [6, 6.07) is 18.3. The molecular formula is C45H58BrN7O9. The SMILES string of the molecule is CC(C)(C)OC(=O)NCCCCNC(=O)[C@H](Cc1c[nH]c2c(Br)cccc12)NC(=O)[C@H](CC(N)=O)NC(=O)[C@H](Cc1ccc(OCc2ccccc2)cc1)NC(=O)OC(C)(C)C. The lowest BCUT2D eigenvalue weighted by Crippen LogP contribution is -2.58. The van der Waals surface area contributed by atoms with Gasteiger partial charge in [-0.05, 0) is 105 Å². The summed E-state index contributed by atoms with van der Waals surface area (Å²) in [6.07, 6.45) is 0.758. The molecule has 334 valence electrons. The van der Waals surface area contributed by atoms with Crippen LogP contribution in [0.15, 0.2) is 83.5 Å². The van der Waals surface area contributed by atoms with Gasteiger partial charge in [-0.15, -0.1) is 0 Å². The number of nitrogens with one attached hydrogen (secondary N) is 6. The van der Waals surface area contributed by atoms with Crippen LogP contribution < -0.4 is 37.1 Å². The van der Waals surface area contributed by atoms with Gasteiger partial charge in [-0.1, -0.05) is 54.6 Å². The second kappa shape index (κ2) is 22.7. The van der Waals surface area contributed by atoms with Crippen molar-refractivity contribution in [3.63, 3.8) is 0 Å². The number of amides is 6. The van der Waals surface area contributed by atoms with Crippen LogP contribution in [0, 0.1) is 0 Å². The molecule has 8 N–H and O–H groups in total. The molecule has 0 unspecified atom stereocenters. The minimum absolute atomic E-state index is 0.0244. The van der Waals surface area contributed by atoms with Crippen molar-refractivity contribution < 1.29 is 43.0 Å². The quantitative estimate of drug-likeness (QED) is 0.0558. The van der Waals surface area contributed by atoms with Gasteiger partial charge in [0.1, 0.15) is 41.7 Å². The molecule has 0 aliphatic rings.